The van der Waals surface area contributed by atoms with Gasteiger partial charge >= 0.3 is 5.97 Å². The number of likely N-dealkylation sites (N-methyl/N-ethyl adjacent to an activating group) is 1. The van der Waals surface area contributed by atoms with Crippen molar-refractivity contribution in [1.29, 1.82) is 0 Å². The number of rotatable bonds is 6. The molecule has 3 heteroatoms. The molecular formula is C14H21NO2. The zero-order valence-electron chi connectivity index (χ0n) is 10.9. The third kappa shape index (κ3) is 5.00. The summed E-state index contributed by atoms with van der Waals surface area (Å²) in [5, 5.41) is 8.60. The average molecular weight is 235 g/mol. The van der Waals surface area contributed by atoms with Crippen LogP contribution in [0.2, 0.25) is 0 Å². The molecule has 0 aromatic heterocycles. The van der Waals surface area contributed by atoms with Crippen LogP contribution in [0.1, 0.15) is 23.1 Å². The average Bonchev–Trinajstić information content (AvgIpc) is 2.25. The van der Waals surface area contributed by atoms with E-state index in [0.29, 0.717) is 6.54 Å². The lowest BCUT2D eigenvalue weighted by Gasteiger charge is -2.16. The molecule has 0 bridgehead atoms. The molecule has 0 aliphatic heterocycles. The molecule has 3 nitrogen and oxygen atoms in total. The molecule has 0 amide bonds. The molecule has 0 aliphatic carbocycles. The van der Waals surface area contributed by atoms with Crippen molar-refractivity contribution < 1.29 is 9.90 Å². The molecule has 0 saturated carbocycles. The molecule has 0 radical (unpaired) electrons. The predicted octanol–water partition coefficient (Wildman–Crippen LogP) is 2.25. The molecule has 0 unspecified atom stereocenters. The van der Waals surface area contributed by atoms with Crippen molar-refractivity contribution in [2.45, 2.75) is 26.7 Å². The van der Waals surface area contributed by atoms with E-state index >= 15 is 0 Å². The van der Waals surface area contributed by atoms with E-state index in [2.05, 4.69) is 36.9 Å². The third-order valence-electron chi connectivity index (χ3n) is 2.97. The van der Waals surface area contributed by atoms with E-state index in [4.69, 9.17) is 5.11 Å². The van der Waals surface area contributed by atoms with Crippen molar-refractivity contribution >= 4 is 5.97 Å². The Morgan fingerprint density at radius 1 is 1.29 bits per heavy atom. The first kappa shape index (κ1) is 13.7. The fourth-order valence-corrected chi connectivity index (χ4v) is 1.84. The summed E-state index contributed by atoms with van der Waals surface area (Å²) in [6.45, 7) is 5.73. The third-order valence-corrected chi connectivity index (χ3v) is 2.97. The summed E-state index contributed by atoms with van der Waals surface area (Å²) in [5.41, 5.74) is 3.94. The molecule has 1 N–H and O–H groups in total. The summed E-state index contributed by atoms with van der Waals surface area (Å²) >= 11 is 0. The van der Waals surface area contributed by atoms with Gasteiger partial charge in [-0.1, -0.05) is 23.8 Å². The quantitative estimate of drug-likeness (QED) is 0.822. The summed E-state index contributed by atoms with van der Waals surface area (Å²) in [4.78, 5) is 12.5. The van der Waals surface area contributed by atoms with Crippen molar-refractivity contribution in [2.24, 2.45) is 0 Å². The molecule has 0 aliphatic rings. The predicted molar refractivity (Wildman–Crippen MR) is 69.4 cm³/mol. The van der Waals surface area contributed by atoms with Crippen LogP contribution in [0.5, 0.6) is 0 Å². The van der Waals surface area contributed by atoms with Crippen LogP contribution in [0.4, 0.5) is 0 Å². The highest BCUT2D eigenvalue weighted by Gasteiger charge is 2.04. The SMILES string of the molecule is Cc1ccc(CCN(C)CCC(=O)O)c(C)c1. The maximum absolute atomic E-state index is 10.4. The van der Waals surface area contributed by atoms with E-state index in [9.17, 15) is 4.79 Å². The number of aliphatic carboxylic acids is 1. The van der Waals surface area contributed by atoms with Crippen LogP contribution in [-0.2, 0) is 11.2 Å². The van der Waals surface area contributed by atoms with Crippen LogP contribution < -0.4 is 0 Å². The summed E-state index contributed by atoms with van der Waals surface area (Å²) in [6.07, 6.45) is 1.19. The summed E-state index contributed by atoms with van der Waals surface area (Å²) in [5.74, 6) is -0.733. The molecule has 17 heavy (non-hydrogen) atoms. The maximum atomic E-state index is 10.4. The topological polar surface area (TPSA) is 40.5 Å². The van der Waals surface area contributed by atoms with Crippen LogP contribution in [0.15, 0.2) is 18.2 Å². The molecule has 0 fully saturated rings. The van der Waals surface area contributed by atoms with E-state index in [-0.39, 0.29) is 6.42 Å². The summed E-state index contributed by atoms with van der Waals surface area (Å²) in [7, 11) is 1.96. The van der Waals surface area contributed by atoms with Gasteiger partial charge in [0.1, 0.15) is 0 Å². The van der Waals surface area contributed by atoms with Gasteiger partial charge in [-0.15, -0.1) is 0 Å². The Bertz CT molecular complexity index is 388. The molecule has 1 rings (SSSR count). The first-order valence-corrected chi connectivity index (χ1v) is 5.95. The Morgan fingerprint density at radius 2 is 2.00 bits per heavy atom. The van der Waals surface area contributed by atoms with Gasteiger partial charge < -0.3 is 10.0 Å². The number of benzene rings is 1. The fraction of sp³-hybridized carbons (Fsp3) is 0.500. The number of carboxylic acids is 1. The first-order valence-electron chi connectivity index (χ1n) is 5.95. The van der Waals surface area contributed by atoms with E-state index in [1.54, 1.807) is 0 Å². The number of aryl methyl sites for hydroxylation is 2. The van der Waals surface area contributed by atoms with Gasteiger partial charge in [-0.3, -0.25) is 4.79 Å². The van der Waals surface area contributed by atoms with Crippen molar-refractivity contribution in [2.75, 3.05) is 20.1 Å². The molecule has 94 valence electrons. The van der Waals surface area contributed by atoms with Gasteiger partial charge in [-0.25, -0.2) is 0 Å². The van der Waals surface area contributed by atoms with Gasteiger partial charge in [0.15, 0.2) is 0 Å². The molecular weight excluding hydrogens is 214 g/mol. The van der Waals surface area contributed by atoms with E-state index in [0.717, 1.165) is 13.0 Å². The van der Waals surface area contributed by atoms with Gasteiger partial charge in [0, 0.05) is 13.1 Å². The normalized spacial score (nSPS) is 10.8. The van der Waals surface area contributed by atoms with Gasteiger partial charge in [0.2, 0.25) is 0 Å². The van der Waals surface area contributed by atoms with Gasteiger partial charge in [0.05, 0.1) is 6.42 Å². The molecule has 0 spiro atoms. The minimum absolute atomic E-state index is 0.212. The lowest BCUT2D eigenvalue weighted by Crippen LogP contribution is -2.24. The summed E-state index contributed by atoms with van der Waals surface area (Å²) < 4.78 is 0. The van der Waals surface area contributed by atoms with Gasteiger partial charge in [-0.2, -0.15) is 0 Å². The van der Waals surface area contributed by atoms with Crippen molar-refractivity contribution in [3.63, 3.8) is 0 Å². The van der Waals surface area contributed by atoms with Crippen LogP contribution in [0, 0.1) is 13.8 Å². The van der Waals surface area contributed by atoms with Crippen LogP contribution >= 0.6 is 0 Å². The number of hydrogen-bond donors (Lipinski definition) is 1. The van der Waals surface area contributed by atoms with Gasteiger partial charge in [-0.05, 0) is 38.4 Å². The number of nitrogens with zero attached hydrogens (tertiary/aromatic N) is 1. The smallest absolute Gasteiger partial charge is 0.304 e. The molecule has 0 atom stereocenters. The standard InChI is InChI=1S/C14H21NO2/c1-11-4-5-13(12(2)10-11)6-8-15(3)9-7-14(16)17/h4-5,10H,6-9H2,1-3H3,(H,16,17). The Balaban J connectivity index is 2.41. The Kier molecular flexibility index (Phi) is 5.16. The number of carbonyl (C=O) groups is 1. The van der Waals surface area contributed by atoms with E-state index < -0.39 is 5.97 Å². The Hall–Kier alpha value is -1.35. The highest BCUT2D eigenvalue weighted by atomic mass is 16.4. The largest absolute Gasteiger partial charge is 0.481 e. The Morgan fingerprint density at radius 3 is 2.59 bits per heavy atom. The summed E-state index contributed by atoms with van der Waals surface area (Å²) in [6, 6.07) is 6.47. The molecule has 1 aromatic rings. The molecule has 1 aromatic carbocycles. The minimum atomic E-state index is -0.733. The van der Waals surface area contributed by atoms with E-state index in [1.165, 1.54) is 16.7 Å². The van der Waals surface area contributed by atoms with Crippen LogP contribution in [-0.4, -0.2) is 36.1 Å². The second-order valence-electron chi connectivity index (χ2n) is 4.63. The highest BCUT2D eigenvalue weighted by molar-refractivity contribution is 5.66. The van der Waals surface area contributed by atoms with Crippen LogP contribution in [0.25, 0.3) is 0 Å². The van der Waals surface area contributed by atoms with Gasteiger partial charge in [0.25, 0.3) is 0 Å². The lowest BCUT2D eigenvalue weighted by atomic mass is 10.0. The molecule has 0 saturated heterocycles. The zero-order chi connectivity index (χ0) is 12.8. The van der Waals surface area contributed by atoms with E-state index in [1.807, 2.05) is 7.05 Å². The Labute approximate surface area is 103 Å². The maximum Gasteiger partial charge on any atom is 0.304 e. The second-order valence-corrected chi connectivity index (χ2v) is 4.63. The molecule has 0 heterocycles. The monoisotopic (exact) mass is 235 g/mol. The fourth-order valence-electron chi connectivity index (χ4n) is 1.84. The zero-order valence-corrected chi connectivity index (χ0v) is 10.9. The second kappa shape index (κ2) is 6.40. The van der Waals surface area contributed by atoms with Crippen molar-refractivity contribution in [3.8, 4) is 0 Å². The number of carboxylic acid groups (broad SMARTS) is 1. The van der Waals surface area contributed by atoms with Crippen LogP contribution in [0.3, 0.4) is 0 Å². The first-order chi connectivity index (χ1) is 7.99. The van der Waals surface area contributed by atoms with Crippen molar-refractivity contribution in [3.05, 3.63) is 34.9 Å². The van der Waals surface area contributed by atoms with Crippen molar-refractivity contribution in [1.82, 2.24) is 4.90 Å². The highest BCUT2D eigenvalue weighted by Crippen LogP contribution is 2.11. The minimum Gasteiger partial charge on any atom is -0.481 e. The number of hydrogen-bond acceptors (Lipinski definition) is 2. The lowest BCUT2D eigenvalue weighted by molar-refractivity contribution is -0.137.